The van der Waals surface area contributed by atoms with E-state index in [9.17, 15) is 0 Å². The van der Waals surface area contributed by atoms with Crippen LogP contribution in [0.15, 0.2) is 0 Å². The van der Waals surface area contributed by atoms with E-state index in [2.05, 4.69) is 5.32 Å². The van der Waals surface area contributed by atoms with Crippen molar-refractivity contribution in [2.24, 2.45) is 0 Å². The fourth-order valence-corrected chi connectivity index (χ4v) is 2.86. The first kappa shape index (κ1) is 21.9. The van der Waals surface area contributed by atoms with Gasteiger partial charge in [-0.15, -0.1) is 0 Å². The SMILES string of the molecule is C1CCNCCCCCOCCCCCOCCCCCOCC1. The molecule has 0 aromatic rings. The average Bonchev–Trinajstić information content (AvgIpc) is 2.59. The van der Waals surface area contributed by atoms with Gasteiger partial charge in [0, 0.05) is 39.6 Å². The smallest absolute Gasteiger partial charge is 0.0466 e. The van der Waals surface area contributed by atoms with Gasteiger partial charge in [-0.25, -0.2) is 0 Å². The highest BCUT2D eigenvalue weighted by atomic mass is 16.5. The van der Waals surface area contributed by atoms with Crippen LogP contribution in [0.4, 0.5) is 0 Å². The molecule has 144 valence electrons. The summed E-state index contributed by atoms with van der Waals surface area (Å²) in [5, 5.41) is 3.54. The number of hydrogen-bond acceptors (Lipinski definition) is 4. The van der Waals surface area contributed by atoms with E-state index in [4.69, 9.17) is 14.2 Å². The topological polar surface area (TPSA) is 39.7 Å². The van der Waals surface area contributed by atoms with Crippen LogP contribution in [-0.2, 0) is 14.2 Å². The summed E-state index contributed by atoms with van der Waals surface area (Å²) in [5.41, 5.74) is 0. The van der Waals surface area contributed by atoms with Crippen LogP contribution in [0.3, 0.4) is 0 Å². The second-order valence-electron chi connectivity index (χ2n) is 6.83. The van der Waals surface area contributed by atoms with Gasteiger partial charge in [-0.05, 0) is 90.1 Å². The van der Waals surface area contributed by atoms with Crippen LogP contribution >= 0.6 is 0 Å². The first-order valence-corrected chi connectivity index (χ1v) is 10.4. The average molecular weight is 344 g/mol. The monoisotopic (exact) mass is 343 g/mol. The summed E-state index contributed by atoms with van der Waals surface area (Å²) in [5.74, 6) is 0. The molecule has 0 saturated carbocycles. The van der Waals surface area contributed by atoms with E-state index in [-0.39, 0.29) is 0 Å². The highest BCUT2D eigenvalue weighted by Gasteiger charge is 1.96. The van der Waals surface area contributed by atoms with Gasteiger partial charge >= 0.3 is 0 Å². The maximum absolute atomic E-state index is 5.70. The molecule has 0 amide bonds. The molecule has 1 N–H and O–H groups in total. The zero-order valence-corrected chi connectivity index (χ0v) is 15.9. The Balaban J connectivity index is 2.00. The third kappa shape index (κ3) is 16.7. The molecule has 0 aromatic carbocycles. The Morgan fingerprint density at radius 3 is 0.958 bits per heavy atom. The summed E-state index contributed by atoms with van der Waals surface area (Å²) in [4.78, 5) is 0. The van der Waals surface area contributed by atoms with E-state index in [0.29, 0.717) is 0 Å². The molecule has 1 fully saturated rings. The Labute approximate surface area is 150 Å². The molecule has 0 aliphatic carbocycles. The minimum atomic E-state index is 0.906. The van der Waals surface area contributed by atoms with Crippen molar-refractivity contribution in [2.75, 3.05) is 52.7 Å². The van der Waals surface area contributed by atoms with Crippen molar-refractivity contribution >= 4 is 0 Å². The van der Waals surface area contributed by atoms with Crippen LogP contribution in [0.2, 0.25) is 0 Å². The van der Waals surface area contributed by atoms with Crippen molar-refractivity contribution in [2.45, 2.75) is 77.0 Å². The predicted molar refractivity (Wildman–Crippen MR) is 101 cm³/mol. The zero-order chi connectivity index (χ0) is 17.0. The van der Waals surface area contributed by atoms with Gasteiger partial charge < -0.3 is 19.5 Å². The number of nitrogens with one attached hydrogen (secondary N) is 1. The highest BCUT2D eigenvalue weighted by molar-refractivity contribution is 4.51. The minimum Gasteiger partial charge on any atom is -0.381 e. The van der Waals surface area contributed by atoms with Crippen molar-refractivity contribution in [3.05, 3.63) is 0 Å². The molecule has 0 bridgehead atoms. The summed E-state index contributed by atoms with van der Waals surface area (Å²) in [6.45, 7) is 7.80. The van der Waals surface area contributed by atoms with E-state index in [1.807, 2.05) is 0 Å². The predicted octanol–water partition coefficient (Wildman–Crippen LogP) is 4.32. The van der Waals surface area contributed by atoms with Gasteiger partial charge in [-0.3, -0.25) is 0 Å². The van der Waals surface area contributed by atoms with Gasteiger partial charge in [0.15, 0.2) is 0 Å². The molecule has 4 nitrogen and oxygen atoms in total. The summed E-state index contributed by atoms with van der Waals surface area (Å²) < 4.78 is 17.1. The fourth-order valence-electron chi connectivity index (χ4n) is 2.86. The van der Waals surface area contributed by atoms with Crippen molar-refractivity contribution in [1.29, 1.82) is 0 Å². The maximum atomic E-state index is 5.70. The van der Waals surface area contributed by atoms with Crippen LogP contribution in [0.5, 0.6) is 0 Å². The third-order valence-electron chi connectivity index (χ3n) is 4.44. The van der Waals surface area contributed by atoms with Crippen molar-refractivity contribution in [3.63, 3.8) is 0 Å². The third-order valence-corrected chi connectivity index (χ3v) is 4.44. The first-order chi connectivity index (χ1) is 12.0. The minimum absolute atomic E-state index is 0.906. The van der Waals surface area contributed by atoms with Crippen molar-refractivity contribution in [3.8, 4) is 0 Å². The Morgan fingerprint density at radius 2 is 0.625 bits per heavy atom. The van der Waals surface area contributed by atoms with E-state index in [1.54, 1.807) is 0 Å². The van der Waals surface area contributed by atoms with Gasteiger partial charge in [0.25, 0.3) is 0 Å². The summed E-state index contributed by atoms with van der Waals surface area (Å²) in [6.07, 6.45) is 14.6. The van der Waals surface area contributed by atoms with Gasteiger partial charge in [-0.2, -0.15) is 0 Å². The Morgan fingerprint density at radius 1 is 0.333 bits per heavy atom. The maximum Gasteiger partial charge on any atom is 0.0466 e. The summed E-state index contributed by atoms with van der Waals surface area (Å²) in [7, 11) is 0. The molecule has 0 aromatic heterocycles. The molecule has 4 heteroatoms. The van der Waals surface area contributed by atoms with Gasteiger partial charge in [0.2, 0.25) is 0 Å². The Kier molecular flexibility index (Phi) is 17.5. The lowest BCUT2D eigenvalue weighted by molar-refractivity contribution is 0.105. The summed E-state index contributed by atoms with van der Waals surface area (Å²) >= 11 is 0. The molecular formula is C20H41NO3. The lowest BCUT2D eigenvalue weighted by atomic mass is 10.2. The first-order valence-electron chi connectivity index (χ1n) is 10.4. The molecule has 1 saturated heterocycles. The molecule has 0 unspecified atom stereocenters. The molecule has 1 aliphatic heterocycles. The molecule has 1 heterocycles. The van der Waals surface area contributed by atoms with E-state index in [0.717, 1.165) is 65.6 Å². The van der Waals surface area contributed by atoms with E-state index < -0.39 is 0 Å². The van der Waals surface area contributed by atoms with Crippen molar-refractivity contribution in [1.82, 2.24) is 5.32 Å². The van der Waals surface area contributed by atoms with Crippen LogP contribution in [0, 0.1) is 0 Å². The van der Waals surface area contributed by atoms with Crippen LogP contribution in [-0.4, -0.2) is 52.7 Å². The molecule has 0 atom stereocenters. The standard InChI is InChI=1S/C20H41NO3/c1-5-13-21-14-6-2-8-16-23-18-10-4-12-20-24-19-11-3-9-17-22-15-7-1/h21H,1-20H2. The van der Waals surface area contributed by atoms with E-state index in [1.165, 1.54) is 64.2 Å². The number of rotatable bonds is 0. The lowest BCUT2D eigenvalue weighted by Gasteiger charge is -2.08. The van der Waals surface area contributed by atoms with Gasteiger partial charge in [0.1, 0.15) is 0 Å². The molecule has 24 heavy (non-hydrogen) atoms. The second-order valence-corrected chi connectivity index (χ2v) is 6.83. The molecular weight excluding hydrogens is 302 g/mol. The van der Waals surface area contributed by atoms with Crippen molar-refractivity contribution < 1.29 is 14.2 Å². The second kappa shape index (κ2) is 19.2. The van der Waals surface area contributed by atoms with Crippen LogP contribution in [0.1, 0.15) is 77.0 Å². The number of hydrogen-bond donors (Lipinski definition) is 1. The molecule has 0 spiro atoms. The zero-order valence-electron chi connectivity index (χ0n) is 15.9. The Hall–Kier alpha value is -0.160. The largest absolute Gasteiger partial charge is 0.381 e. The van der Waals surface area contributed by atoms with Gasteiger partial charge in [-0.1, -0.05) is 0 Å². The molecule has 1 rings (SSSR count). The van der Waals surface area contributed by atoms with E-state index >= 15 is 0 Å². The Bertz CT molecular complexity index is 129. The molecule has 1 aliphatic rings. The fraction of sp³-hybridized carbons (Fsp3) is 1.00. The number of ether oxygens (including phenoxy) is 3. The lowest BCUT2D eigenvalue weighted by Crippen LogP contribution is -2.16. The summed E-state index contributed by atoms with van der Waals surface area (Å²) in [6, 6.07) is 0. The van der Waals surface area contributed by atoms with Crippen LogP contribution < -0.4 is 5.32 Å². The highest BCUT2D eigenvalue weighted by Crippen LogP contribution is 2.02. The quantitative estimate of drug-likeness (QED) is 0.711. The van der Waals surface area contributed by atoms with Gasteiger partial charge in [0.05, 0.1) is 0 Å². The molecule has 0 radical (unpaired) electrons. The normalized spacial score (nSPS) is 24.0. The van der Waals surface area contributed by atoms with Crippen LogP contribution in [0.25, 0.3) is 0 Å².